The van der Waals surface area contributed by atoms with Crippen LogP contribution in [-0.4, -0.2) is 0 Å². The summed E-state index contributed by atoms with van der Waals surface area (Å²) in [6.45, 7) is 2.11. The van der Waals surface area contributed by atoms with E-state index < -0.39 is 5.41 Å². The van der Waals surface area contributed by atoms with Gasteiger partial charge >= 0.3 is 0 Å². The summed E-state index contributed by atoms with van der Waals surface area (Å²) in [6, 6.07) is 12.5. The van der Waals surface area contributed by atoms with Crippen molar-refractivity contribution < 1.29 is 0 Å². The average molecular weight is 602 g/mol. The Balaban J connectivity index is 1.63. The molecular formula is C36H10Br2. The predicted octanol–water partition coefficient (Wildman–Crippen LogP) is 5.17. The van der Waals surface area contributed by atoms with E-state index in [0.29, 0.717) is 0 Å². The average Bonchev–Trinajstić information content (AvgIpc) is 3.14. The van der Waals surface area contributed by atoms with Gasteiger partial charge < -0.3 is 0 Å². The quantitative estimate of drug-likeness (QED) is 0.366. The minimum atomic E-state index is -0.487. The van der Waals surface area contributed by atoms with E-state index in [2.05, 4.69) is 187 Å². The smallest absolute Gasteiger partial charge is 0.0806 e. The molecule has 0 nitrogen and oxygen atoms in total. The first-order valence-electron chi connectivity index (χ1n) is 10.6. The van der Waals surface area contributed by atoms with Crippen LogP contribution in [0.1, 0.15) is 18.1 Å². The number of halogens is 2. The zero-order valence-corrected chi connectivity index (χ0v) is 23.0. The molecule has 3 rings (SSSR count). The van der Waals surface area contributed by atoms with Gasteiger partial charge in [0.2, 0.25) is 0 Å². The van der Waals surface area contributed by atoms with Crippen molar-refractivity contribution >= 4 is 31.9 Å². The van der Waals surface area contributed by atoms with E-state index in [1.165, 1.54) is 11.1 Å². The summed E-state index contributed by atoms with van der Waals surface area (Å²) in [7, 11) is 0. The van der Waals surface area contributed by atoms with E-state index in [9.17, 15) is 0 Å². The summed E-state index contributed by atoms with van der Waals surface area (Å²) >= 11 is 7.16. The predicted molar refractivity (Wildman–Crippen MR) is 160 cm³/mol. The van der Waals surface area contributed by atoms with Gasteiger partial charge in [-0.1, -0.05) is 49.9 Å². The van der Waals surface area contributed by atoms with Gasteiger partial charge in [0.25, 0.3) is 0 Å². The highest BCUT2D eigenvalue weighted by atomic mass is 79.9. The van der Waals surface area contributed by atoms with Crippen LogP contribution in [0.15, 0.2) is 45.3 Å². The maximum absolute atomic E-state index is 4.95. The molecule has 0 heterocycles. The van der Waals surface area contributed by atoms with Crippen LogP contribution in [-0.2, 0) is 5.41 Å². The molecular weight excluding hydrogens is 592 g/mol. The molecule has 0 amide bonds. The lowest BCUT2D eigenvalue weighted by Gasteiger charge is -2.20. The Bertz CT molecular complexity index is 1960. The number of rotatable bonds is 0. The van der Waals surface area contributed by atoms with Crippen molar-refractivity contribution in [3.63, 3.8) is 0 Å². The third-order valence-electron chi connectivity index (χ3n) is 4.84. The Morgan fingerprint density at radius 3 is 1.16 bits per heavy atom. The lowest BCUT2D eigenvalue weighted by molar-refractivity contribution is 0.777. The molecule has 0 unspecified atom stereocenters. The molecule has 0 N–H and O–H groups in total. The fraction of sp³-hybridized carbons (Fsp3) is 0.0556. The number of benzene rings is 2. The Hall–Kier alpha value is -5.44. The normalized spacial score (nSPS) is 9.11. The van der Waals surface area contributed by atoms with Crippen molar-refractivity contribution in [1.29, 1.82) is 0 Å². The second kappa shape index (κ2) is 14.2. The van der Waals surface area contributed by atoms with E-state index in [1.54, 1.807) is 0 Å². The Kier molecular flexibility index (Phi) is 10.1. The molecule has 0 radical (unpaired) electrons. The van der Waals surface area contributed by atoms with Crippen molar-refractivity contribution in [3.8, 4) is 142 Å². The van der Waals surface area contributed by atoms with Crippen LogP contribution in [0.25, 0.3) is 11.1 Å². The van der Waals surface area contributed by atoms with E-state index in [1.807, 2.05) is 12.1 Å². The van der Waals surface area contributed by atoms with Crippen LogP contribution < -0.4 is 0 Å². The van der Waals surface area contributed by atoms with Crippen molar-refractivity contribution in [1.82, 2.24) is 0 Å². The Labute approximate surface area is 241 Å². The number of hydrogen-bond donors (Lipinski definition) is 0. The standard InChI is InChI=1S/C36H10Br2/c1-3-4-5-6-7-8-9-10-11-12-13-14-15-16-17-18-19-20-21-22-27-36(2)34-28-30(37)23-25-32(34)33-26-24-31(38)29-35(33)36/h1,23-26,28-29H,2H3. The number of hydrogen-bond acceptors (Lipinski definition) is 0. The van der Waals surface area contributed by atoms with Gasteiger partial charge in [-0.25, -0.2) is 0 Å². The second-order valence-corrected chi connectivity index (χ2v) is 8.98. The molecule has 168 valence electrons. The molecule has 0 saturated carbocycles. The maximum Gasteiger partial charge on any atom is 0.0806 e. The summed E-state index contributed by atoms with van der Waals surface area (Å²) in [6.07, 6.45) is 4.95. The van der Waals surface area contributed by atoms with Gasteiger partial charge in [-0.3, -0.25) is 0 Å². The van der Waals surface area contributed by atoms with E-state index in [0.717, 1.165) is 20.1 Å². The first-order chi connectivity index (χ1) is 18.6. The molecule has 38 heavy (non-hydrogen) atoms. The van der Waals surface area contributed by atoms with Crippen LogP contribution in [0, 0.1) is 131 Å². The van der Waals surface area contributed by atoms with Gasteiger partial charge in [0.1, 0.15) is 0 Å². The molecule has 2 aromatic rings. The molecule has 0 aromatic heterocycles. The molecule has 1 aliphatic rings. The minimum absolute atomic E-state index is 0.487. The lowest BCUT2D eigenvalue weighted by Crippen LogP contribution is -2.18. The van der Waals surface area contributed by atoms with Crippen molar-refractivity contribution in [2.24, 2.45) is 0 Å². The molecule has 2 heteroatoms. The van der Waals surface area contributed by atoms with Crippen LogP contribution >= 0.6 is 31.9 Å². The highest BCUT2D eigenvalue weighted by Crippen LogP contribution is 2.49. The molecule has 0 fully saturated rings. The van der Waals surface area contributed by atoms with Gasteiger partial charge in [0, 0.05) is 32.6 Å². The summed E-state index contributed by atoms with van der Waals surface area (Å²) in [5, 5.41) is 0. The molecule has 0 spiro atoms. The summed E-state index contributed by atoms with van der Waals surface area (Å²) in [4.78, 5) is 0. The van der Waals surface area contributed by atoms with Crippen LogP contribution in [0.4, 0.5) is 0 Å². The molecule has 0 saturated heterocycles. The molecule has 0 aliphatic heterocycles. The maximum atomic E-state index is 4.95. The molecule has 0 bridgehead atoms. The van der Waals surface area contributed by atoms with E-state index in [4.69, 9.17) is 6.42 Å². The first-order valence-corrected chi connectivity index (χ1v) is 12.2. The van der Waals surface area contributed by atoms with Gasteiger partial charge in [-0.05, 0) is 148 Å². The van der Waals surface area contributed by atoms with E-state index >= 15 is 0 Å². The minimum Gasteiger partial charge on any atom is -0.106 e. The largest absolute Gasteiger partial charge is 0.106 e. The van der Waals surface area contributed by atoms with Crippen LogP contribution in [0.3, 0.4) is 0 Å². The first kappa shape index (κ1) is 27.2. The summed E-state index contributed by atoms with van der Waals surface area (Å²) in [5.41, 5.74) is 4.15. The van der Waals surface area contributed by atoms with Crippen LogP contribution in [0.5, 0.6) is 0 Å². The fourth-order valence-electron chi connectivity index (χ4n) is 3.33. The van der Waals surface area contributed by atoms with Gasteiger partial charge in [-0.2, -0.15) is 0 Å². The number of fused-ring (bicyclic) bond motifs is 3. The lowest BCUT2D eigenvalue weighted by atomic mass is 9.81. The zero-order valence-electron chi connectivity index (χ0n) is 19.8. The topological polar surface area (TPSA) is 0 Å². The van der Waals surface area contributed by atoms with Crippen molar-refractivity contribution in [2.75, 3.05) is 0 Å². The van der Waals surface area contributed by atoms with Crippen LogP contribution in [0.2, 0.25) is 0 Å². The third-order valence-corrected chi connectivity index (χ3v) is 5.83. The summed E-state index contributed by atoms with van der Waals surface area (Å²) < 4.78 is 2.01. The number of terminal acetylenes is 1. The third kappa shape index (κ3) is 7.53. The highest BCUT2D eigenvalue weighted by molar-refractivity contribution is 9.10. The summed E-state index contributed by atoms with van der Waals surface area (Å²) in [5.74, 6) is 54.3. The fourth-order valence-corrected chi connectivity index (χ4v) is 4.06. The van der Waals surface area contributed by atoms with Gasteiger partial charge in [-0.15, -0.1) is 6.42 Å². The molecule has 1 aliphatic carbocycles. The SMILES string of the molecule is C#CC#CC#CC#CC#CC#CC#CC#CC#CC#CC#CC1(C)c2cc(Br)ccc2-c2ccc(Br)cc21. The van der Waals surface area contributed by atoms with E-state index in [-0.39, 0.29) is 0 Å². The highest BCUT2D eigenvalue weighted by Gasteiger charge is 2.38. The van der Waals surface area contributed by atoms with Crippen molar-refractivity contribution in [2.45, 2.75) is 12.3 Å². The Morgan fingerprint density at radius 2 is 0.816 bits per heavy atom. The molecule has 2 aromatic carbocycles. The second-order valence-electron chi connectivity index (χ2n) is 7.15. The van der Waals surface area contributed by atoms with Gasteiger partial charge in [0.15, 0.2) is 0 Å². The Morgan fingerprint density at radius 1 is 0.500 bits per heavy atom. The zero-order chi connectivity index (χ0) is 27.1. The monoisotopic (exact) mass is 600 g/mol. The van der Waals surface area contributed by atoms with Gasteiger partial charge in [0.05, 0.1) is 5.41 Å². The van der Waals surface area contributed by atoms with Crippen molar-refractivity contribution in [3.05, 3.63) is 56.5 Å². The molecule has 0 atom stereocenters.